The number of benzene rings is 3. The van der Waals surface area contributed by atoms with Gasteiger partial charge in [-0.15, -0.1) is 0 Å². The van der Waals surface area contributed by atoms with E-state index in [-0.39, 0.29) is 0 Å². The topological polar surface area (TPSA) is 75.8 Å². The van der Waals surface area contributed by atoms with Crippen LogP contribution in [0.25, 0.3) is 22.8 Å². The molecule has 0 amide bonds. The lowest BCUT2D eigenvalue weighted by Crippen LogP contribution is -1.98. The van der Waals surface area contributed by atoms with Crippen LogP contribution in [0.3, 0.4) is 0 Å². The van der Waals surface area contributed by atoms with Crippen LogP contribution in [0.5, 0.6) is 23.0 Å². The van der Waals surface area contributed by atoms with Crippen LogP contribution in [-0.4, -0.2) is 31.5 Å². The number of rotatable bonds is 8. The van der Waals surface area contributed by atoms with Gasteiger partial charge in [0.05, 0.1) is 21.3 Å². The molecule has 7 heteroatoms. The summed E-state index contributed by atoms with van der Waals surface area (Å²) in [6, 6.07) is 20.7. The summed E-state index contributed by atoms with van der Waals surface area (Å²) in [5.74, 6) is 3.63. The lowest BCUT2D eigenvalue weighted by molar-refractivity contribution is 0.284. The van der Waals surface area contributed by atoms with Gasteiger partial charge >= 0.3 is 0 Å². The van der Waals surface area contributed by atoms with E-state index in [0.717, 1.165) is 28.2 Å². The molecule has 1 heterocycles. The number of aromatic nitrogens is 2. The molecule has 0 bridgehead atoms. The SMILES string of the molecule is COc1ccc(-c2nc(-c3ccc(OCc4cccc(OC)c4)c(OC)c3)no2)cc1. The van der Waals surface area contributed by atoms with Gasteiger partial charge in [0, 0.05) is 11.1 Å². The Labute approximate surface area is 180 Å². The molecule has 4 aromatic rings. The molecule has 0 saturated heterocycles. The van der Waals surface area contributed by atoms with Gasteiger partial charge in [-0.25, -0.2) is 0 Å². The molecule has 0 N–H and O–H groups in total. The van der Waals surface area contributed by atoms with Crippen molar-refractivity contribution in [3.05, 3.63) is 72.3 Å². The third-order valence-electron chi connectivity index (χ3n) is 4.71. The molecule has 0 aliphatic carbocycles. The van der Waals surface area contributed by atoms with E-state index < -0.39 is 0 Å². The molecule has 0 unspecified atom stereocenters. The minimum absolute atomic E-state index is 0.386. The Morgan fingerprint density at radius 2 is 1.52 bits per heavy atom. The Bertz CT molecular complexity index is 1150. The molecule has 4 rings (SSSR count). The zero-order valence-electron chi connectivity index (χ0n) is 17.5. The second-order valence-corrected chi connectivity index (χ2v) is 6.66. The van der Waals surface area contributed by atoms with Crippen molar-refractivity contribution in [3.8, 4) is 45.8 Å². The Morgan fingerprint density at radius 1 is 0.742 bits per heavy atom. The highest BCUT2D eigenvalue weighted by atomic mass is 16.5. The zero-order chi connectivity index (χ0) is 21.6. The summed E-state index contributed by atoms with van der Waals surface area (Å²) in [7, 11) is 4.85. The van der Waals surface area contributed by atoms with Crippen LogP contribution in [-0.2, 0) is 6.61 Å². The first-order chi connectivity index (χ1) is 15.2. The van der Waals surface area contributed by atoms with E-state index in [9.17, 15) is 0 Å². The number of hydrogen-bond donors (Lipinski definition) is 0. The molecule has 0 fully saturated rings. The molecule has 3 aromatic carbocycles. The third kappa shape index (κ3) is 4.61. The van der Waals surface area contributed by atoms with Crippen LogP contribution >= 0.6 is 0 Å². The van der Waals surface area contributed by atoms with Gasteiger partial charge in [-0.3, -0.25) is 0 Å². The summed E-state index contributed by atoms with van der Waals surface area (Å²) in [6.45, 7) is 0.386. The van der Waals surface area contributed by atoms with Crippen molar-refractivity contribution in [2.24, 2.45) is 0 Å². The number of ether oxygens (including phenoxy) is 4. The smallest absolute Gasteiger partial charge is 0.258 e. The maximum Gasteiger partial charge on any atom is 0.258 e. The largest absolute Gasteiger partial charge is 0.497 e. The van der Waals surface area contributed by atoms with Gasteiger partial charge in [-0.05, 0) is 60.2 Å². The normalized spacial score (nSPS) is 10.5. The maximum atomic E-state index is 5.94. The first kappa shape index (κ1) is 20.3. The van der Waals surface area contributed by atoms with Gasteiger partial charge in [0.2, 0.25) is 5.82 Å². The Hall–Kier alpha value is -4.00. The number of nitrogens with zero attached hydrogens (tertiary/aromatic N) is 2. The van der Waals surface area contributed by atoms with E-state index in [1.807, 2.05) is 66.7 Å². The van der Waals surface area contributed by atoms with E-state index in [2.05, 4.69) is 10.1 Å². The van der Waals surface area contributed by atoms with Gasteiger partial charge in [0.1, 0.15) is 18.1 Å². The first-order valence-electron chi connectivity index (χ1n) is 9.62. The van der Waals surface area contributed by atoms with Gasteiger partial charge < -0.3 is 23.5 Å². The summed E-state index contributed by atoms with van der Waals surface area (Å²) in [6.07, 6.45) is 0. The van der Waals surface area contributed by atoms with E-state index >= 15 is 0 Å². The Kier molecular flexibility index (Phi) is 6.03. The van der Waals surface area contributed by atoms with Gasteiger partial charge in [-0.1, -0.05) is 17.3 Å². The quantitative estimate of drug-likeness (QED) is 0.398. The molecule has 0 saturated carbocycles. The highest BCUT2D eigenvalue weighted by Crippen LogP contribution is 2.33. The monoisotopic (exact) mass is 418 g/mol. The van der Waals surface area contributed by atoms with Crippen LogP contribution in [0.1, 0.15) is 5.56 Å². The Balaban J connectivity index is 1.51. The summed E-state index contributed by atoms with van der Waals surface area (Å²) in [5, 5.41) is 4.10. The molecule has 31 heavy (non-hydrogen) atoms. The van der Waals surface area contributed by atoms with Crippen LogP contribution in [0, 0.1) is 0 Å². The van der Waals surface area contributed by atoms with Crippen LogP contribution in [0.15, 0.2) is 71.3 Å². The predicted octanol–water partition coefficient (Wildman–Crippen LogP) is 5.01. The molecule has 0 radical (unpaired) electrons. The average molecular weight is 418 g/mol. The number of hydrogen-bond acceptors (Lipinski definition) is 7. The summed E-state index contributed by atoms with van der Waals surface area (Å²) < 4.78 is 27.3. The average Bonchev–Trinajstić information content (AvgIpc) is 3.33. The molecule has 0 aliphatic heterocycles. The molecule has 0 aliphatic rings. The van der Waals surface area contributed by atoms with Crippen molar-refractivity contribution in [3.63, 3.8) is 0 Å². The zero-order valence-corrected chi connectivity index (χ0v) is 17.5. The van der Waals surface area contributed by atoms with Gasteiger partial charge in [0.15, 0.2) is 11.5 Å². The maximum absolute atomic E-state index is 5.94. The van der Waals surface area contributed by atoms with E-state index in [4.69, 9.17) is 23.5 Å². The molecule has 7 nitrogen and oxygen atoms in total. The fourth-order valence-electron chi connectivity index (χ4n) is 3.04. The van der Waals surface area contributed by atoms with Crippen molar-refractivity contribution < 1.29 is 23.5 Å². The van der Waals surface area contributed by atoms with Crippen LogP contribution in [0.4, 0.5) is 0 Å². The molecule has 1 aromatic heterocycles. The van der Waals surface area contributed by atoms with E-state index in [1.54, 1.807) is 21.3 Å². The molecular weight excluding hydrogens is 396 g/mol. The third-order valence-corrected chi connectivity index (χ3v) is 4.71. The first-order valence-corrected chi connectivity index (χ1v) is 9.62. The summed E-state index contributed by atoms with van der Waals surface area (Å²) in [5.41, 5.74) is 2.56. The second kappa shape index (κ2) is 9.21. The van der Waals surface area contributed by atoms with Gasteiger partial charge in [-0.2, -0.15) is 4.98 Å². The van der Waals surface area contributed by atoms with Crippen molar-refractivity contribution in [2.45, 2.75) is 6.61 Å². The highest BCUT2D eigenvalue weighted by molar-refractivity contribution is 5.63. The lowest BCUT2D eigenvalue weighted by atomic mass is 10.2. The van der Waals surface area contributed by atoms with E-state index in [0.29, 0.717) is 29.8 Å². The van der Waals surface area contributed by atoms with Crippen molar-refractivity contribution in [1.82, 2.24) is 10.1 Å². The molecule has 0 spiro atoms. The fraction of sp³-hybridized carbons (Fsp3) is 0.167. The second-order valence-electron chi connectivity index (χ2n) is 6.66. The standard InChI is InChI=1S/C24H22N2O5/c1-27-19-10-7-17(8-11-19)24-25-23(26-31-24)18-9-12-21(22(14-18)29-3)30-15-16-5-4-6-20(13-16)28-2/h4-14H,15H2,1-3H3. The summed E-state index contributed by atoms with van der Waals surface area (Å²) in [4.78, 5) is 4.50. The minimum Gasteiger partial charge on any atom is -0.497 e. The highest BCUT2D eigenvalue weighted by Gasteiger charge is 2.14. The molecule has 0 atom stereocenters. The molecular formula is C24H22N2O5. The minimum atomic E-state index is 0.386. The van der Waals surface area contributed by atoms with Crippen molar-refractivity contribution in [2.75, 3.05) is 21.3 Å². The van der Waals surface area contributed by atoms with Crippen LogP contribution in [0.2, 0.25) is 0 Å². The molecule has 158 valence electrons. The fourth-order valence-corrected chi connectivity index (χ4v) is 3.04. The Morgan fingerprint density at radius 3 is 2.26 bits per heavy atom. The van der Waals surface area contributed by atoms with Gasteiger partial charge in [0.25, 0.3) is 5.89 Å². The van der Waals surface area contributed by atoms with Crippen LogP contribution < -0.4 is 18.9 Å². The number of methoxy groups -OCH3 is 3. The summed E-state index contributed by atoms with van der Waals surface area (Å²) >= 11 is 0. The van der Waals surface area contributed by atoms with E-state index in [1.165, 1.54) is 0 Å². The lowest BCUT2D eigenvalue weighted by Gasteiger charge is -2.12. The van der Waals surface area contributed by atoms with Crippen molar-refractivity contribution >= 4 is 0 Å². The predicted molar refractivity (Wildman–Crippen MR) is 116 cm³/mol. The van der Waals surface area contributed by atoms with Crippen molar-refractivity contribution in [1.29, 1.82) is 0 Å².